The molecular weight excluding hydrogens is 420 g/mol. The maximum atomic E-state index is 12.5. The number of anilines is 1. The second kappa shape index (κ2) is 9.88. The van der Waals surface area contributed by atoms with Gasteiger partial charge in [-0.25, -0.2) is 8.42 Å². The fourth-order valence-corrected chi connectivity index (χ4v) is 4.61. The molecule has 0 saturated carbocycles. The summed E-state index contributed by atoms with van der Waals surface area (Å²) in [5, 5.41) is 13.8. The fourth-order valence-electron chi connectivity index (χ4n) is 3.51. The summed E-state index contributed by atoms with van der Waals surface area (Å²) >= 11 is 0. The molecule has 0 unspecified atom stereocenters. The van der Waals surface area contributed by atoms with Gasteiger partial charge in [0.1, 0.15) is 0 Å². The molecule has 2 N–H and O–H groups in total. The van der Waals surface area contributed by atoms with Crippen LogP contribution in [0.1, 0.15) is 29.6 Å². The summed E-state index contributed by atoms with van der Waals surface area (Å²) in [4.78, 5) is 24.6. The zero-order chi connectivity index (χ0) is 22.4. The Hall–Kier alpha value is -2.98. The number of carbonyl (C=O) groups is 1. The van der Waals surface area contributed by atoms with Crippen molar-refractivity contribution >= 4 is 27.3 Å². The average Bonchev–Trinajstić information content (AvgIpc) is 2.75. The molecule has 0 atom stereocenters. The smallest absolute Gasteiger partial charge is 0.270 e. The summed E-state index contributed by atoms with van der Waals surface area (Å²) in [6.45, 7) is 2.78. The molecule has 0 radical (unpaired) electrons. The first-order valence-corrected chi connectivity index (χ1v) is 11.6. The molecular formula is C21H26N4O5S. The number of hydrogen-bond donors (Lipinski definition) is 2. The first kappa shape index (κ1) is 22.7. The van der Waals surface area contributed by atoms with Crippen molar-refractivity contribution in [2.45, 2.75) is 24.2 Å². The van der Waals surface area contributed by atoms with Crippen LogP contribution in [0, 0.1) is 16.0 Å². The maximum Gasteiger partial charge on any atom is 0.270 e. The number of sulfonamides is 1. The van der Waals surface area contributed by atoms with E-state index in [1.165, 1.54) is 42.5 Å². The topological polar surface area (TPSA) is 122 Å². The van der Waals surface area contributed by atoms with E-state index in [0.29, 0.717) is 18.0 Å². The molecule has 0 aliphatic carbocycles. The van der Waals surface area contributed by atoms with Gasteiger partial charge in [0, 0.05) is 29.9 Å². The second-order valence-corrected chi connectivity index (χ2v) is 9.41. The normalized spacial score (nSPS) is 15.4. The molecule has 1 aliphatic heterocycles. The third-order valence-corrected chi connectivity index (χ3v) is 6.79. The lowest BCUT2D eigenvalue weighted by Gasteiger charge is -2.28. The van der Waals surface area contributed by atoms with Crippen LogP contribution in [0.25, 0.3) is 0 Å². The molecule has 0 spiro atoms. The van der Waals surface area contributed by atoms with E-state index in [0.717, 1.165) is 38.4 Å². The molecule has 0 bridgehead atoms. The van der Waals surface area contributed by atoms with Crippen molar-refractivity contribution in [2.75, 3.05) is 31.4 Å². The molecule has 1 heterocycles. The van der Waals surface area contributed by atoms with Crippen LogP contribution in [0.3, 0.4) is 0 Å². The zero-order valence-corrected chi connectivity index (χ0v) is 18.1. The number of benzene rings is 2. The molecule has 10 heteroatoms. The maximum absolute atomic E-state index is 12.5. The van der Waals surface area contributed by atoms with Gasteiger partial charge in [-0.1, -0.05) is 6.07 Å². The summed E-state index contributed by atoms with van der Waals surface area (Å²) in [7, 11) is -1.87. The van der Waals surface area contributed by atoms with E-state index >= 15 is 0 Å². The quantitative estimate of drug-likeness (QED) is 0.475. The van der Waals surface area contributed by atoms with Gasteiger partial charge in [0.2, 0.25) is 0 Å². The predicted molar refractivity (Wildman–Crippen MR) is 118 cm³/mol. The highest BCUT2D eigenvalue weighted by Crippen LogP contribution is 2.21. The van der Waals surface area contributed by atoms with E-state index in [-0.39, 0.29) is 22.2 Å². The Bertz CT molecular complexity index is 1030. The highest BCUT2D eigenvalue weighted by Gasteiger charge is 2.19. The number of carbonyl (C=O) groups excluding carboxylic acids is 1. The highest BCUT2D eigenvalue weighted by molar-refractivity contribution is 7.92. The van der Waals surface area contributed by atoms with E-state index in [1.54, 1.807) is 0 Å². The molecule has 3 rings (SSSR count). The van der Waals surface area contributed by atoms with Crippen molar-refractivity contribution in [3.63, 3.8) is 0 Å². The SMILES string of the molecule is CN1CCC(CCNC(=O)c2ccc(NS(=O)(=O)c3cccc([N+](=O)[O-])c3)cc2)CC1. The Morgan fingerprint density at radius 3 is 2.48 bits per heavy atom. The van der Waals surface area contributed by atoms with Crippen molar-refractivity contribution < 1.29 is 18.1 Å². The van der Waals surface area contributed by atoms with Gasteiger partial charge >= 0.3 is 0 Å². The van der Waals surface area contributed by atoms with Crippen molar-refractivity contribution in [3.8, 4) is 0 Å². The number of amides is 1. The largest absolute Gasteiger partial charge is 0.352 e. The van der Waals surface area contributed by atoms with Crippen molar-refractivity contribution in [1.82, 2.24) is 10.2 Å². The van der Waals surface area contributed by atoms with E-state index in [1.807, 2.05) is 0 Å². The van der Waals surface area contributed by atoms with Gasteiger partial charge in [0.25, 0.3) is 21.6 Å². The minimum atomic E-state index is -3.99. The van der Waals surface area contributed by atoms with Crippen molar-refractivity contribution in [3.05, 3.63) is 64.2 Å². The second-order valence-electron chi connectivity index (χ2n) is 7.73. The average molecular weight is 447 g/mol. The van der Waals surface area contributed by atoms with Crippen LogP contribution in [0.2, 0.25) is 0 Å². The lowest BCUT2D eigenvalue weighted by molar-refractivity contribution is -0.385. The Balaban J connectivity index is 1.55. The van der Waals surface area contributed by atoms with Crippen molar-refractivity contribution in [2.24, 2.45) is 5.92 Å². The monoisotopic (exact) mass is 446 g/mol. The fraction of sp³-hybridized carbons (Fsp3) is 0.381. The van der Waals surface area contributed by atoms with Gasteiger partial charge in [0.05, 0.1) is 9.82 Å². The molecule has 1 saturated heterocycles. The van der Waals surface area contributed by atoms with E-state index in [2.05, 4.69) is 22.0 Å². The van der Waals surface area contributed by atoms with E-state index in [4.69, 9.17) is 0 Å². The number of hydrogen-bond acceptors (Lipinski definition) is 6. The summed E-state index contributed by atoms with van der Waals surface area (Å²) in [5.74, 6) is 0.420. The van der Waals surface area contributed by atoms with Crippen LogP contribution in [0.4, 0.5) is 11.4 Å². The minimum Gasteiger partial charge on any atom is -0.352 e. The third kappa shape index (κ3) is 6.25. The van der Waals surface area contributed by atoms with Gasteiger partial charge in [0.15, 0.2) is 0 Å². The molecule has 0 aromatic heterocycles. The van der Waals surface area contributed by atoms with Crippen LogP contribution in [-0.4, -0.2) is 50.8 Å². The molecule has 1 amide bonds. The first-order chi connectivity index (χ1) is 14.7. The van der Waals surface area contributed by atoms with Crippen LogP contribution in [0.15, 0.2) is 53.4 Å². The first-order valence-electron chi connectivity index (χ1n) is 10.1. The predicted octanol–water partition coefficient (Wildman–Crippen LogP) is 2.86. The summed E-state index contributed by atoms with van der Waals surface area (Å²) in [5.41, 5.74) is 0.381. The number of nitrogens with one attached hydrogen (secondary N) is 2. The van der Waals surface area contributed by atoms with E-state index in [9.17, 15) is 23.3 Å². The lowest BCUT2D eigenvalue weighted by Crippen LogP contribution is -2.32. The Labute approximate surface area is 181 Å². The standard InChI is InChI=1S/C21H26N4O5S/c1-24-13-10-16(11-14-24)9-12-22-21(26)17-5-7-18(8-6-17)23-31(29,30)20-4-2-3-19(15-20)25(27)28/h2-8,15-16,23H,9-14H2,1H3,(H,22,26). The van der Waals surface area contributed by atoms with Crippen LogP contribution >= 0.6 is 0 Å². The van der Waals surface area contributed by atoms with E-state index < -0.39 is 14.9 Å². The number of non-ortho nitro benzene ring substituents is 1. The summed E-state index contributed by atoms with van der Waals surface area (Å²) in [6.07, 6.45) is 3.23. The van der Waals surface area contributed by atoms with Gasteiger partial charge in [-0.2, -0.15) is 0 Å². The van der Waals surface area contributed by atoms with Gasteiger partial charge < -0.3 is 10.2 Å². The molecule has 31 heavy (non-hydrogen) atoms. The van der Waals surface area contributed by atoms with Crippen LogP contribution in [0.5, 0.6) is 0 Å². The molecule has 2 aromatic rings. The number of likely N-dealkylation sites (tertiary alicyclic amines) is 1. The number of nitrogens with zero attached hydrogens (tertiary/aromatic N) is 2. The van der Waals surface area contributed by atoms with Gasteiger partial charge in [-0.3, -0.25) is 19.6 Å². The molecule has 9 nitrogen and oxygen atoms in total. The Kier molecular flexibility index (Phi) is 7.24. The molecule has 2 aromatic carbocycles. The number of nitro benzene ring substituents is 1. The minimum absolute atomic E-state index is 0.207. The Morgan fingerprint density at radius 1 is 1.16 bits per heavy atom. The third-order valence-electron chi connectivity index (χ3n) is 5.41. The zero-order valence-electron chi connectivity index (χ0n) is 17.3. The Morgan fingerprint density at radius 2 is 1.84 bits per heavy atom. The van der Waals surface area contributed by atoms with Gasteiger partial charge in [-0.05, 0) is 75.6 Å². The van der Waals surface area contributed by atoms with Crippen LogP contribution < -0.4 is 10.0 Å². The number of piperidine rings is 1. The molecule has 1 aliphatic rings. The number of nitro groups is 1. The molecule has 166 valence electrons. The summed E-state index contributed by atoms with van der Waals surface area (Å²) < 4.78 is 27.4. The van der Waals surface area contributed by atoms with Crippen molar-refractivity contribution in [1.29, 1.82) is 0 Å². The molecule has 1 fully saturated rings. The lowest BCUT2D eigenvalue weighted by atomic mass is 9.94. The van der Waals surface area contributed by atoms with Gasteiger partial charge in [-0.15, -0.1) is 0 Å². The van der Waals surface area contributed by atoms with Crippen LogP contribution in [-0.2, 0) is 10.0 Å². The summed E-state index contributed by atoms with van der Waals surface area (Å²) in [6, 6.07) is 10.9. The number of rotatable bonds is 8. The highest BCUT2D eigenvalue weighted by atomic mass is 32.2.